The maximum atomic E-state index is 13.3. The molecule has 1 N–H and O–H groups in total. The smallest absolute Gasteiger partial charge is 0.267 e. The molecule has 148 valence electrons. The molecule has 7 nitrogen and oxygen atoms in total. The summed E-state index contributed by atoms with van der Waals surface area (Å²) in [5, 5.41) is 2.42. The fraction of sp³-hybridized carbons (Fsp3) is 0.167. The average molecular weight is 418 g/mol. The minimum atomic E-state index is -4.57. The number of fused-ring (bicyclic) bond motifs is 1. The van der Waals surface area contributed by atoms with Gasteiger partial charge in [0, 0.05) is 35.1 Å². The number of amides is 1. The average Bonchev–Trinajstić information content (AvgIpc) is 3.25. The van der Waals surface area contributed by atoms with E-state index in [-0.39, 0.29) is 16.5 Å². The Hall–Kier alpha value is -3.34. The predicted molar refractivity (Wildman–Crippen MR) is 101 cm³/mol. The highest BCUT2D eigenvalue weighted by molar-refractivity contribution is 7.13. The molecule has 29 heavy (non-hydrogen) atoms. The molecule has 0 saturated carbocycles. The minimum Gasteiger partial charge on any atom is -0.267 e. The summed E-state index contributed by atoms with van der Waals surface area (Å²) in [6, 6.07) is 1.25. The number of nitrogens with one attached hydrogen (secondary N) is 1. The quantitative estimate of drug-likeness (QED) is 0.544. The zero-order valence-electron chi connectivity index (χ0n) is 15.2. The van der Waals surface area contributed by atoms with Crippen molar-refractivity contribution in [2.45, 2.75) is 20.0 Å². The molecule has 0 aromatic carbocycles. The third kappa shape index (κ3) is 3.56. The molecule has 0 spiro atoms. The Morgan fingerprint density at radius 2 is 2.00 bits per heavy atom. The van der Waals surface area contributed by atoms with Gasteiger partial charge in [-0.1, -0.05) is 0 Å². The first-order valence-corrected chi connectivity index (χ1v) is 9.22. The van der Waals surface area contributed by atoms with Gasteiger partial charge in [-0.2, -0.15) is 13.2 Å². The molecule has 0 saturated heterocycles. The molecule has 0 bridgehead atoms. The fourth-order valence-electron chi connectivity index (χ4n) is 2.81. The summed E-state index contributed by atoms with van der Waals surface area (Å²) in [7, 11) is 0. The van der Waals surface area contributed by atoms with E-state index in [9.17, 15) is 18.0 Å². The van der Waals surface area contributed by atoms with Crippen molar-refractivity contribution in [3.63, 3.8) is 0 Å². The molecule has 11 heteroatoms. The van der Waals surface area contributed by atoms with Crippen molar-refractivity contribution in [2.75, 3.05) is 5.43 Å². The highest BCUT2D eigenvalue weighted by Gasteiger charge is 2.35. The van der Waals surface area contributed by atoms with E-state index in [1.54, 1.807) is 6.92 Å². The third-order valence-corrected chi connectivity index (χ3v) is 5.13. The van der Waals surface area contributed by atoms with Crippen LogP contribution in [0.2, 0.25) is 0 Å². The zero-order chi connectivity index (χ0) is 20.8. The van der Waals surface area contributed by atoms with Crippen LogP contribution >= 0.6 is 11.3 Å². The zero-order valence-corrected chi connectivity index (χ0v) is 16.0. The Balaban J connectivity index is 1.67. The summed E-state index contributed by atoms with van der Waals surface area (Å²) < 4.78 is 40.9. The molecule has 0 aliphatic carbocycles. The van der Waals surface area contributed by atoms with E-state index in [4.69, 9.17) is 0 Å². The van der Waals surface area contributed by atoms with Crippen LogP contribution in [0.4, 0.5) is 13.2 Å². The minimum absolute atomic E-state index is 0.0599. The van der Waals surface area contributed by atoms with E-state index < -0.39 is 17.6 Å². The second-order valence-electron chi connectivity index (χ2n) is 6.23. The van der Waals surface area contributed by atoms with E-state index in [1.807, 2.05) is 12.3 Å². The number of alkyl halides is 3. The van der Waals surface area contributed by atoms with Crippen molar-refractivity contribution in [1.82, 2.24) is 24.6 Å². The van der Waals surface area contributed by atoms with Crippen LogP contribution in [0.5, 0.6) is 0 Å². The maximum Gasteiger partial charge on any atom is 0.418 e. The number of hydrogen-bond acceptors (Lipinski definition) is 6. The van der Waals surface area contributed by atoms with Crippen molar-refractivity contribution < 1.29 is 18.0 Å². The molecule has 0 aliphatic rings. The van der Waals surface area contributed by atoms with Gasteiger partial charge in [0.1, 0.15) is 0 Å². The summed E-state index contributed by atoms with van der Waals surface area (Å²) >= 11 is 1.38. The Labute approximate surface area is 166 Å². The molecule has 4 aromatic rings. The number of thiazole rings is 1. The molecule has 0 radical (unpaired) electrons. The first-order valence-electron chi connectivity index (χ1n) is 8.34. The number of aryl methyl sites for hydroxylation is 2. The van der Waals surface area contributed by atoms with Crippen LogP contribution in [-0.2, 0) is 6.18 Å². The molecule has 0 atom stereocenters. The van der Waals surface area contributed by atoms with Crippen molar-refractivity contribution in [3.8, 4) is 10.8 Å². The van der Waals surface area contributed by atoms with Crippen LogP contribution in [0.25, 0.3) is 21.7 Å². The molecular formula is C18H13F3N6OS. The monoisotopic (exact) mass is 418 g/mol. The first kappa shape index (κ1) is 19.0. The third-order valence-electron chi connectivity index (χ3n) is 4.17. The molecule has 4 heterocycles. The SMILES string of the molecule is Cc1csc(-c2ncc(C(=O)Nn3cc(C(F)(F)F)c4ccncc43)c(C)n2)n1. The van der Waals surface area contributed by atoms with Gasteiger partial charge in [-0.3, -0.25) is 19.9 Å². The molecule has 1 amide bonds. The van der Waals surface area contributed by atoms with Gasteiger partial charge in [-0.05, 0) is 19.9 Å². The summed E-state index contributed by atoms with van der Waals surface area (Å²) in [4.78, 5) is 29.3. The second kappa shape index (κ2) is 6.92. The van der Waals surface area contributed by atoms with E-state index >= 15 is 0 Å². The van der Waals surface area contributed by atoms with E-state index in [1.165, 1.54) is 36.0 Å². The Morgan fingerprint density at radius 3 is 2.66 bits per heavy atom. The van der Waals surface area contributed by atoms with Gasteiger partial charge in [0.2, 0.25) is 0 Å². The highest BCUT2D eigenvalue weighted by Crippen LogP contribution is 2.35. The van der Waals surface area contributed by atoms with Gasteiger partial charge in [0.05, 0.1) is 28.5 Å². The normalized spacial score (nSPS) is 11.8. The van der Waals surface area contributed by atoms with Crippen LogP contribution in [-0.4, -0.2) is 30.5 Å². The van der Waals surface area contributed by atoms with Crippen molar-refractivity contribution in [2.24, 2.45) is 0 Å². The lowest BCUT2D eigenvalue weighted by molar-refractivity contribution is -0.136. The van der Waals surface area contributed by atoms with Gasteiger partial charge in [-0.15, -0.1) is 11.3 Å². The summed E-state index contributed by atoms with van der Waals surface area (Å²) in [6.45, 7) is 3.47. The number of carbonyl (C=O) groups is 1. The number of hydrogen-bond donors (Lipinski definition) is 1. The predicted octanol–water partition coefficient (Wildman–Crippen LogP) is 3.97. The topological polar surface area (TPSA) is 85.6 Å². The standard InChI is InChI=1S/C18H13F3N6OS/c1-9-8-29-17(24-9)15-23-5-12(10(2)25-15)16(28)26-27-7-13(18(19,20)21)11-3-4-22-6-14(11)27/h3-8H,1-2H3,(H,26,28). The first-order chi connectivity index (χ1) is 13.7. The van der Waals surface area contributed by atoms with E-state index in [0.717, 1.165) is 16.6 Å². The van der Waals surface area contributed by atoms with Crippen LogP contribution in [0.15, 0.2) is 36.2 Å². The number of pyridine rings is 1. The van der Waals surface area contributed by atoms with E-state index in [0.29, 0.717) is 16.5 Å². The molecular weight excluding hydrogens is 405 g/mol. The second-order valence-corrected chi connectivity index (χ2v) is 7.09. The van der Waals surface area contributed by atoms with Gasteiger partial charge in [-0.25, -0.2) is 15.0 Å². The summed E-state index contributed by atoms with van der Waals surface area (Å²) in [5.41, 5.74) is 3.06. The maximum absolute atomic E-state index is 13.3. The Bertz CT molecular complexity index is 1230. The van der Waals surface area contributed by atoms with Crippen molar-refractivity contribution >= 4 is 28.1 Å². The van der Waals surface area contributed by atoms with Crippen LogP contribution in [0.3, 0.4) is 0 Å². The van der Waals surface area contributed by atoms with Crippen LogP contribution in [0, 0.1) is 13.8 Å². The largest absolute Gasteiger partial charge is 0.418 e. The number of halogens is 3. The van der Waals surface area contributed by atoms with Gasteiger partial charge in [0.25, 0.3) is 5.91 Å². The lowest BCUT2D eigenvalue weighted by Crippen LogP contribution is -2.23. The number of rotatable bonds is 3. The molecule has 0 aliphatic heterocycles. The highest BCUT2D eigenvalue weighted by atomic mass is 32.1. The number of aromatic nitrogens is 5. The summed E-state index contributed by atoms with van der Waals surface area (Å²) in [5.74, 6) is -0.258. The lowest BCUT2D eigenvalue weighted by atomic mass is 10.2. The molecule has 0 fully saturated rings. The van der Waals surface area contributed by atoms with Crippen molar-refractivity contribution in [1.29, 1.82) is 0 Å². The molecule has 0 unspecified atom stereocenters. The summed E-state index contributed by atoms with van der Waals surface area (Å²) in [6.07, 6.45) is 0.108. The van der Waals surface area contributed by atoms with Crippen molar-refractivity contribution in [3.05, 3.63) is 58.7 Å². The van der Waals surface area contributed by atoms with Gasteiger partial charge in [0.15, 0.2) is 10.8 Å². The fourth-order valence-corrected chi connectivity index (χ4v) is 3.55. The lowest BCUT2D eigenvalue weighted by Gasteiger charge is -2.09. The molecule has 4 rings (SSSR count). The molecule has 4 aromatic heterocycles. The van der Waals surface area contributed by atoms with Gasteiger partial charge >= 0.3 is 6.18 Å². The van der Waals surface area contributed by atoms with Crippen LogP contribution in [0.1, 0.15) is 27.3 Å². The Kier molecular flexibility index (Phi) is 4.53. The van der Waals surface area contributed by atoms with Crippen LogP contribution < -0.4 is 5.43 Å². The van der Waals surface area contributed by atoms with E-state index in [2.05, 4.69) is 25.4 Å². The number of nitrogens with zero attached hydrogens (tertiary/aromatic N) is 5. The Morgan fingerprint density at radius 1 is 1.21 bits per heavy atom. The van der Waals surface area contributed by atoms with Gasteiger partial charge < -0.3 is 0 Å². The number of carbonyl (C=O) groups excluding carboxylic acids is 1.